The van der Waals surface area contributed by atoms with Gasteiger partial charge in [-0.1, -0.05) is 78.9 Å². The minimum Gasteiger partial charge on any atom is -0.359 e. The van der Waals surface area contributed by atoms with Crippen LogP contribution in [0.5, 0.6) is 0 Å². The highest BCUT2D eigenvalue weighted by Crippen LogP contribution is 2.31. The molecule has 1 unspecified atom stereocenters. The molecule has 3 aromatic carbocycles. The second-order valence-corrected chi connectivity index (χ2v) is 5.79. The summed E-state index contributed by atoms with van der Waals surface area (Å²) in [6, 6.07) is 28.7. The summed E-state index contributed by atoms with van der Waals surface area (Å²) in [5, 5.41) is 14.5. The van der Waals surface area contributed by atoms with Crippen molar-refractivity contribution in [1.29, 1.82) is 0 Å². The van der Waals surface area contributed by atoms with E-state index in [1.807, 2.05) is 91.0 Å². The molecule has 0 spiro atoms. The summed E-state index contributed by atoms with van der Waals surface area (Å²) in [7, 11) is 0. The van der Waals surface area contributed by atoms with Crippen molar-refractivity contribution >= 4 is 17.4 Å². The normalized spacial score (nSPS) is 19.2. The van der Waals surface area contributed by atoms with Crippen molar-refractivity contribution in [3.8, 4) is 0 Å². The largest absolute Gasteiger partial charge is 0.359 e. The van der Waals surface area contributed by atoms with Gasteiger partial charge in [-0.3, -0.25) is 0 Å². The molecule has 0 radical (unpaired) electrons. The third kappa shape index (κ3) is 2.95. The Balaban J connectivity index is 1.79. The summed E-state index contributed by atoms with van der Waals surface area (Å²) < 4.78 is 0. The first-order valence-electron chi connectivity index (χ1n) is 8.10. The Hall–Kier alpha value is -3.24. The lowest BCUT2D eigenvalue weighted by molar-refractivity contribution is 0.125. The standard InChI is InChI=1S/C21H17N3O/c25-21(17-12-6-2-7-13-17)20(22-18-14-8-3-9-15-18)23-19(24-21)16-10-4-1-5-11-16/h1-15,25H,(H,22,23,24). The predicted octanol–water partition coefficient (Wildman–Crippen LogP) is 3.80. The molecule has 1 aliphatic rings. The van der Waals surface area contributed by atoms with Gasteiger partial charge in [0, 0.05) is 16.8 Å². The average Bonchev–Trinajstić information content (AvgIpc) is 3.02. The van der Waals surface area contributed by atoms with Gasteiger partial charge in [0.1, 0.15) is 0 Å². The molecular weight excluding hydrogens is 310 g/mol. The lowest BCUT2D eigenvalue weighted by Gasteiger charge is -2.23. The van der Waals surface area contributed by atoms with E-state index in [2.05, 4.69) is 15.3 Å². The van der Waals surface area contributed by atoms with E-state index in [0.717, 1.165) is 11.3 Å². The van der Waals surface area contributed by atoms with Crippen LogP contribution in [0.15, 0.2) is 101 Å². The molecule has 0 amide bonds. The molecule has 1 aliphatic heterocycles. The van der Waals surface area contributed by atoms with Crippen LogP contribution in [-0.2, 0) is 5.72 Å². The number of amidine groups is 2. The first-order valence-corrected chi connectivity index (χ1v) is 8.10. The number of hydrogen-bond donors (Lipinski definition) is 2. The summed E-state index contributed by atoms with van der Waals surface area (Å²) in [4.78, 5) is 9.13. The van der Waals surface area contributed by atoms with E-state index < -0.39 is 5.72 Å². The lowest BCUT2D eigenvalue weighted by atomic mass is 10.0. The number of nitrogens with one attached hydrogen (secondary N) is 1. The number of para-hydroxylation sites is 1. The van der Waals surface area contributed by atoms with E-state index in [1.165, 1.54) is 0 Å². The van der Waals surface area contributed by atoms with Crippen molar-refractivity contribution in [2.24, 2.45) is 9.98 Å². The molecule has 0 saturated carbocycles. The molecule has 4 nitrogen and oxygen atoms in total. The Bertz CT molecular complexity index is 921. The Morgan fingerprint density at radius 1 is 0.720 bits per heavy atom. The highest BCUT2D eigenvalue weighted by molar-refractivity contribution is 6.17. The maximum atomic E-state index is 11.3. The van der Waals surface area contributed by atoms with Crippen LogP contribution in [0.4, 0.5) is 5.69 Å². The van der Waals surface area contributed by atoms with Crippen molar-refractivity contribution in [2.45, 2.75) is 5.72 Å². The van der Waals surface area contributed by atoms with Crippen molar-refractivity contribution in [3.63, 3.8) is 0 Å². The molecular formula is C21H17N3O. The second-order valence-electron chi connectivity index (χ2n) is 5.79. The number of hydrogen-bond acceptors (Lipinski definition) is 4. The topological polar surface area (TPSA) is 57.0 Å². The monoisotopic (exact) mass is 327 g/mol. The number of benzene rings is 3. The minimum atomic E-state index is -1.54. The Morgan fingerprint density at radius 3 is 1.92 bits per heavy atom. The van der Waals surface area contributed by atoms with Gasteiger partial charge in [-0.15, -0.1) is 0 Å². The third-order valence-corrected chi connectivity index (χ3v) is 4.06. The van der Waals surface area contributed by atoms with E-state index in [9.17, 15) is 5.11 Å². The molecule has 122 valence electrons. The van der Waals surface area contributed by atoms with Gasteiger partial charge < -0.3 is 10.4 Å². The SMILES string of the molecule is OC1(c2ccccc2)N=C(c2ccccc2)N=C1Nc1ccccc1. The Labute approximate surface area is 146 Å². The minimum absolute atomic E-state index is 0.392. The zero-order chi connectivity index (χ0) is 17.1. The van der Waals surface area contributed by atoms with Crippen LogP contribution < -0.4 is 5.32 Å². The molecule has 0 fully saturated rings. The zero-order valence-corrected chi connectivity index (χ0v) is 13.5. The van der Waals surface area contributed by atoms with Crippen LogP contribution in [0.3, 0.4) is 0 Å². The summed E-state index contributed by atoms with van der Waals surface area (Å²) >= 11 is 0. The quantitative estimate of drug-likeness (QED) is 0.769. The van der Waals surface area contributed by atoms with Gasteiger partial charge in [-0.05, 0) is 12.1 Å². The van der Waals surface area contributed by atoms with Crippen molar-refractivity contribution in [1.82, 2.24) is 0 Å². The maximum Gasteiger partial charge on any atom is 0.244 e. The van der Waals surface area contributed by atoms with Gasteiger partial charge in [0.05, 0.1) is 0 Å². The van der Waals surface area contributed by atoms with Gasteiger partial charge in [0.2, 0.25) is 5.72 Å². The molecule has 4 heteroatoms. The van der Waals surface area contributed by atoms with Crippen LogP contribution in [0.2, 0.25) is 0 Å². The number of rotatable bonds is 3. The third-order valence-electron chi connectivity index (χ3n) is 4.06. The Morgan fingerprint density at radius 2 is 1.28 bits per heavy atom. The number of anilines is 1. The van der Waals surface area contributed by atoms with Crippen LogP contribution in [-0.4, -0.2) is 16.8 Å². The fraction of sp³-hybridized carbons (Fsp3) is 0.0476. The van der Waals surface area contributed by atoms with Crippen molar-refractivity contribution in [3.05, 3.63) is 102 Å². The van der Waals surface area contributed by atoms with Crippen LogP contribution in [0.1, 0.15) is 11.1 Å². The molecule has 0 aromatic heterocycles. The van der Waals surface area contributed by atoms with Crippen LogP contribution >= 0.6 is 0 Å². The highest BCUT2D eigenvalue weighted by atomic mass is 16.3. The molecule has 2 N–H and O–H groups in total. The van der Waals surface area contributed by atoms with E-state index in [1.54, 1.807) is 0 Å². The number of aliphatic hydroxyl groups is 1. The van der Waals surface area contributed by atoms with Crippen molar-refractivity contribution in [2.75, 3.05) is 5.32 Å². The van der Waals surface area contributed by atoms with Gasteiger partial charge in [0.25, 0.3) is 0 Å². The number of aliphatic imine (C=N–C) groups is 2. The van der Waals surface area contributed by atoms with Crippen molar-refractivity contribution < 1.29 is 5.11 Å². The van der Waals surface area contributed by atoms with Crippen LogP contribution in [0, 0.1) is 0 Å². The molecule has 1 heterocycles. The van der Waals surface area contributed by atoms with E-state index in [0.29, 0.717) is 17.2 Å². The smallest absolute Gasteiger partial charge is 0.244 e. The summed E-state index contributed by atoms with van der Waals surface area (Å²) in [6.07, 6.45) is 0. The maximum absolute atomic E-state index is 11.3. The predicted molar refractivity (Wildman–Crippen MR) is 101 cm³/mol. The summed E-state index contributed by atoms with van der Waals surface area (Å²) in [5.74, 6) is 0.897. The van der Waals surface area contributed by atoms with E-state index >= 15 is 0 Å². The zero-order valence-electron chi connectivity index (χ0n) is 13.5. The second kappa shape index (κ2) is 6.34. The molecule has 0 aliphatic carbocycles. The van der Waals surface area contributed by atoms with Gasteiger partial charge >= 0.3 is 0 Å². The molecule has 1 atom stereocenters. The Kier molecular flexibility index (Phi) is 3.88. The molecule has 0 bridgehead atoms. The average molecular weight is 327 g/mol. The number of nitrogens with zero attached hydrogens (tertiary/aromatic N) is 2. The van der Waals surface area contributed by atoms with E-state index in [-0.39, 0.29) is 0 Å². The summed E-state index contributed by atoms with van der Waals surface area (Å²) in [5.41, 5.74) is 0.840. The lowest BCUT2D eigenvalue weighted by Crippen LogP contribution is -2.36. The van der Waals surface area contributed by atoms with Crippen LogP contribution in [0.25, 0.3) is 0 Å². The van der Waals surface area contributed by atoms with E-state index in [4.69, 9.17) is 0 Å². The molecule has 3 aromatic rings. The van der Waals surface area contributed by atoms with Gasteiger partial charge in [-0.25, -0.2) is 9.98 Å². The first-order chi connectivity index (χ1) is 12.3. The fourth-order valence-corrected chi connectivity index (χ4v) is 2.78. The molecule has 25 heavy (non-hydrogen) atoms. The fourth-order valence-electron chi connectivity index (χ4n) is 2.78. The molecule has 0 saturated heterocycles. The molecule has 4 rings (SSSR count). The van der Waals surface area contributed by atoms with Gasteiger partial charge in [-0.2, -0.15) is 0 Å². The first kappa shape index (κ1) is 15.3. The highest BCUT2D eigenvalue weighted by Gasteiger charge is 2.40. The van der Waals surface area contributed by atoms with Gasteiger partial charge in [0.15, 0.2) is 11.7 Å². The summed E-state index contributed by atoms with van der Waals surface area (Å²) in [6.45, 7) is 0.